The molecule has 0 saturated carbocycles. The summed E-state index contributed by atoms with van der Waals surface area (Å²) in [6, 6.07) is 16.3. The van der Waals surface area contributed by atoms with Crippen LogP contribution in [-0.2, 0) is 0 Å². The van der Waals surface area contributed by atoms with Gasteiger partial charge in [0.25, 0.3) is 0 Å². The zero-order valence-electron chi connectivity index (χ0n) is 9.92. The lowest BCUT2D eigenvalue weighted by Crippen LogP contribution is -1.95. The van der Waals surface area contributed by atoms with Crippen LogP contribution in [0, 0.1) is 5.82 Å². The summed E-state index contributed by atoms with van der Waals surface area (Å²) < 4.78 is 15.0. The molecule has 0 atom stereocenters. The van der Waals surface area contributed by atoms with E-state index in [9.17, 15) is 4.39 Å². The van der Waals surface area contributed by atoms with E-state index in [1.807, 2.05) is 36.4 Å². The van der Waals surface area contributed by atoms with Gasteiger partial charge in [-0.1, -0.05) is 41.9 Å². The zero-order chi connectivity index (χ0) is 13.2. The van der Waals surface area contributed by atoms with Crippen LogP contribution in [0.2, 0.25) is 5.02 Å². The van der Waals surface area contributed by atoms with Crippen molar-refractivity contribution in [3.05, 3.63) is 71.6 Å². The van der Waals surface area contributed by atoms with Crippen molar-refractivity contribution in [3.63, 3.8) is 0 Å². The Labute approximate surface area is 115 Å². The molecular formula is C15H10ClFN2. The normalized spacial score (nSPS) is 10.6. The van der Waals surface area contributed by atoms with Crippen LogP contribution in [0.25, 0.3) is 16.9 Å². The maximum absolute atomic E-state index is 13.4. The second kappa shape index (κ2) is 4.86. The maximum atomic E-state index is 13.4. The summed E-state index contributed by atoms with van der Waals surface area (Å²) in [7, 11) is 0. The van der Waals surface area contributed by atoms with Crippen molar-refractivity contribution in [2.24, 2.45) is 0 Å². The predicted octanol–water partition coefficient (Wildman–Crippen LogP) is 4.33. The first-order valence-corrected chi connectivity index (χ1v) is 6.18. The van der Waals surface area contributed by atoms with Crippen molar-refractivity contribution in [3.8, 4) is 16.9 Å². The van der Waals surface area contributed by atoms with Crippen molar-refractivity contribution in [1.82, 2.24) is 9.78 Å². The smallest absolute Gasteiger partial charge is 0.143 e. The molecule has 0 fully saturated rings. The highest BCUT2D eigenvalue weighted by Gasteiger charge is 2.06. The molecule has 2 nitrogen and oxygen atoms in total. The minimum atomic E-state index is -0.448. The van der Waals surface area contributed by atoms with Crippen LogP contribution >= 0.6 is 11.6 Å². The molecule has 1 aromatic heterocycles. The van der Waals surface area contributed by atoms with E-state index in [-0.39, 0.29) is 5.02 Å². The molecule has 0 aliphatic rings. The van der Waals surface area contributed by atoms with Gasteiger partial charge in [-0.05, 0) is 18.2 Å². The van der Waals surface area contributed by atoms with Gasteiger partial charge in [-0.25, -0.2) is 9.07 Å². The fourth-order valence-corrected chi connectivity index (χ4v) is 1.98. The van der Waals surface area contributed by atoms with Gasteiger partial charge < -0.3 is 0 Å². The molecule has 4 heteroatoms. The third-order valence-corrected chi connectivity index (χ3v) is 3.13. The third-order valence-electron chi connectivity index (χ3n) is 2.83. The predicted molar refractivity (Wildman–Crippen MR) is 74.0 cm³/mol. The van der Waals surface area contributed by atoms with Crippen molar-refractivity contribution < 1.29 is 4.39 Å². The average molecular weight is 273 g/mol. The Morgan fingerprint density at radius 1 is 1.00 bits per heavy atom. The Kier molecular flexibility index (Phi) is 3.05. The van der Waals surface area contributed by atoms with Crippen LogP contribution in [0.5, 0.6) is 0 Å². The number of aromatic nitrogens is 2. The highest BCUT2D eigenvalue weighted by atomic mass is 35.5. The summed E-state index contributed by atoms with van der Waals surface area (Å²) in [6.07, 6.45) is 1.80. The molecule has 0 spiro atoms. The molecule has 0 aliphatic carbocycles. The number of benzene rings is 2. The maximum Gasteiger partial charge on any atom is 0.143 e. The zero-order valence-corrected chi connectivity index (χ0v) is 10.7. The first kappa shape index (κ1) is 11.9. The number of rotatable bonds is 2. The van der Waals surface area contributed by atoms with E-state index in [4.69, 9.17) is 11.6 Å². The number of hydrogen-bond acceptors (Lipinski definition) is 1. The van der Waals surface area contributed by atoms with Crippen molar-refractivity contribution in [1.29, 1.82) is 0 Å². The second-order valence-electron chi connectivity index (χ2n) is 4.11. The molecule has 0 bridgehead atoms. The van der Waals surface area contributed by atoms with E-state index in [1.54, 1.807) is 16.9 Å². The molecule has 0 N–H and O–H groups in total. The fourth-order valence-electron chi connectivity index (χ4n) is 1.86. The summed E-state index contributed by atoms with van der Waals surface area (Å²) >= 11 is 5.66. The number of hydrogen-bond donors (Lipinski definition) is 0. The van der Waals surface area contributed by atoms with Crippen LogP contribution in [0.15, 0.2) is 60.8 Å². The lowest BCUT2D eigenvalue weighted by Gasteiger charge is -2.02. The molecule has 19 heavy (non-hydrogen) atoms. The molecule has 0 unspecified atom stereocenters. The SMILES string of the molecule is Fc1cc(-n2ccc(-c3ccccc3)n2)ccc1Cl. The largest absolute Gasteiger partial charge is 0.240 e. The summed E-state index contributed by atoms with van der Waals surface area (Å²) in [5.41, 5.74) is 2.51. The highest BCUT2D eigenvalue weighted by molar-refractivity contribution is 6.30. The van der Waals surface area contributed by atoms with Crippen LogP contribution < -0.4 is 0 Å². The summed E-state index contributed by atoms with van der Waals surface area (Å²) in [5.74, 6) is -0.448. The van der Waals surface area contributed by atoms with Crippen molar-refractivity contribution in [2.75, 3.05) is 0 Å². The lowest BCUT2D eigenvalue weighted by atomic mass is 10.2. The van der Waals surface area contributed by atoms with E-state index in [0.29, 0.717) is 5.69 Å². The second-order valence-corrected chi connectivity index (χ2v) is 4.52. The van der Waals surface area contributed by atoms with Gasteiger partial charge in [-0.3, -0.25) is 0 Å². The van der Waals surface area contributed by atoms with Crippen molar-refractivity contribution in [2.45, 2.75) is 0 Å². The van der Waals surface area contributed by atoms with Gasteiger partial charge in [-0.2, -0.15) is 5.10 Å². The molecule has 0 amide bonds. The topological polar surface area (TPSA) is 17.8 Å². The Morgan fingerprint density at radius 3 is 2.53 bits per heavy atom. The summed E-state index contributed by atoms with van der Waals surface area (Å²) in [5, 5.41) is 4.54. The summed E-state index contributed by atoms with van der Waals surface area (Å²) in [4.78, 5) is 0. The van der Waals surface area contributed by atoms with Crippen molar-refractivity contribution >= 4 is 11.6 Å². The fraction of sp³-hybridized carbons (Fsp3) is 0. The van der Waals surface area contributed by atoms with Gasteiger partial charge in [0.2, 0.25) is 0 Å². The standard InChI is InChI=1S/C15H10ClFN2/c16-13-7-6-12(10-14(13)17)19-9-8-15(18-19)11-4-2-1-3-5-11/h1-10H. The van der Waals surface area contributed by atoms with Crippen LogP contribution in [0.1, 0.15) is 0 Å². The molecule has 1 heterocycles. The Hall–Kier alpha value is -2.13. The molecule has 3 rings (SSSR count). The van der Waals surface area contributed by atoms with Crippen LogP contribution in [0.4, 0.5) is 4.39 Å². The van der Waals surface area contributed by atoms with Gasteiger partial charge in [0.05, 0.1) is 16.4 Å². The monoisotopic (exact) mass is 272 g/mol. The molecule has 2 aromatic carbocycles. The Morgan fingerprint density at radius 2 is 1.79 bits per heavy atom. The molecule has 3 aromatic rings. The van der Waals surface area contributed by atoms with E-state index in [2.05, 4.69) is 5.10 Å². The van der Waals surface area contributed by atoms with E-state index < -0.39 is 5.82 Å². The van der Waals surface area contributed by atoms with Crippen LogP contribution in [0.3, 0.4) is 0 Å². The third kappa shape index (κ3) is 2.37. The van der Waals surface area contributed by atoms with Gasteiger partial charge in [0.1, 0.15) is 5.82 Å². The van der Waals surface area contributed by atoms with Gasteiger partial charge in [-0.15, -0.1) is 0 Å². The number of nitrogens with zero attached hydrogens (tertiary/aromatic N) is 2. The first-order valence-electron chi connectivity index (χ1n) is 5.80. The number of halogens is 2. The minimum Gasteiger partial charge on any atom is -0.240 e. The van der Waals surface area contributed by atoms with Gasteiger partial charge >= 0.3 is 0 Å². The minimum absolute atomic E-state index is 0.110. The molecular weight excluding hydrogens is 263 g/mol. The Bertz CT molecular complexity index is 707. The first-order chi connectivity index (χ1) is 9.24. The van der Waals surface area contributed by atoms with Crippen LogP contribution in [-0.4, -0.2) is 9.78 Å². The molecule has 0 saturated heterocycles. The molecule has 0 aliphatic heterocycles. The van der Waals surface area contributed by atoms with E-state index in [1.165, 1.54) is 12.1 Å². The molecule has 0 radical (unpaired) electrons. The quantitative estimate of drug-likeness (QED) is 0.679. The summed E-state index contributed by atoms with van der Waals surface area (Å²) in [6.45, 7) is 0. The lowest BCUT2D eigenvalue weighted by molar-refractivity contribution is 0.626. The van der Waals surface area contributed by atoms with Gasteiger partial charge in [0.15, 0.2) is 0 Å². The Balaban J connectivity index is 1.99. The van der Waals surface area contributed by atoms with E-state index in [0.717, 1.165) is 11.3 Å². The van der Waals surface area contributed by atoms with Gasteiger partial charge in [0, 0.05) is 17.8 Å². The molecule has 94 valence electrons. The van der Waals surface area contributed by atoms with E-state index >= 15 is 0 Å². The average Bonchev–Trinajstić information content (AvgIpc) is 2.93. The highest BCUT2D eigenvalue weighted by Crippen LogP contribution is 2.20.